The standard InChI is InChI=1S/C24H21NO6/c1-28-18-8-9-19(24(27)16-5-3-2-4-6-16)21(14-18)31-15-23(26)25-17-7-10-20-22(13-17)30-12-11-29-20/h2-10,13-14H,11-12,15H2,1H3,(H,25,26). The lowest BCUT2D eigenvalue weighted by Crippen LogP contribution is -2.21. The van der Waals surface area contributed by atoms with Gasteiger partial charge in [0.25, 0.3) is 5.91 Å². The fraction of sp³-hybridized carbons (Fsp3) is 0.167. The summed E-state index contributed by atoms with van der Waals surface area (Å²) in [5.41, 5.74) is 1.43. The van der Waals surface area contributed by atoms with E-state index in [2.05, 4.69) is 5.32 Å². The van der Waals surface area contributed by atoms with Crippen molar-refractivity contribution in [2.75, 3.05) is 32.2 Å². The van der Waals surface area contributed by atoms with E-state index in [1.54, 1.807) is 60.7 Å². The molecule has 1 amide bonds. The minimum Gasteiger partial charge on any atom is -0.497 e. The summed E-state index contributed by atoms with van der Waals surface area (Å²) < 4.78 is 21.9. The van der Waals surface area contributed by atoms with E-state index in [1.165, 1.54) is 7.11 Å². The number of carbonyl (C=O) groups is 2. The summed E-state index contributed by atoms with van der Waals surface area (Å²) in [4.78, 5) is 25.3. The van der Waals surface area contributed by atoms with Crippen molar-refractivity contribution in [3.05, 3.63) is 77.9 Å². The van der Waals surface area contributed by atoms with Gasteiger partial charge in [-0.2, -0.15) is 0 Å². The Labute approximate surface area is 179 Å². The average molecular weight is 419 g/mol. The molecule has 7 heteroatoms. The van der Waals surface area contributed by atoms with Gasteiger partial charge in [0, 0.05) is 23.4 Å². The first-order chi connectivity index (χ1) is 15.1. The molecule has 0 fully saturated rings. The van der Waals surface area contributed by atoms with E-state index < -0.39 is 0 Å². The number of methoxy groups -OCH3 is 1. The van der Waals surface area contributed by atoms with Gasteiger partial charge >= 0.3 is 0 Å². The number of rotatable bonds is 7. The summed E-state index contributed by atoms with van der Waals surface area (Å²) in [6.07, 6.45) is 0. The van der Waals surface area contributed by atoms with Crippen molar-refractivity contribution in [2.45, 2.75) is 0 Å². The van der Waals surface area contributed by atoms with E-state index in [4.69, 9.17) is 18.9 Å². The van der Waals surface area contributed by atoms with Gasteiger partial charge in [0.1, 0.15) is 24.7 Å². The van der Waals surface area contributed by atoms with Crippen LogP contribution in [0.5, 0.6) is 23.0 Å². The number of carbonyl (C=O) groups excluding carboxylic acids is 2. The second kappa shape index (κ2) is 9.21. The van der Waals surface area contributed by atoms with E-state index in [0.29, 0.717) is 47.3 Å². The first-order valence-electron chi connectivity index (χ1n) is 9.74. The predicted molar refractivity (Wildman–Crippen MR) is 114 cm³/mol. The second-order valence-corrected chi connectivity index (χ2v) is 6.75. The van der Waals surface area contributed by atoms with Gasteiger partial charge in [-0.25, -0.2) is 0 Å². The third-order valence-electron chi connectivity index (χ3n) is 4.65. The van der Waals surface area contributed by atoms with Crippen molar-refractivity contribution >= 4 is 17.4 Å². The van der Waals surface area contributed by atoms with Crippen LogP contribution in [0.2, 0.25) is 0 Å². The molecule has 0 saturated heterocycles. The molecule has 0 aromatic heterocycles. The fourth-order valence-corrected chi connectivity index (χ4v) is 3.14. The van der Waals surface area contributed by atoms with Crippen molar-refractivity contribution in [3.63, 3.8) is 0 Å². The zero-order chi connectivity index (χ0) is 21.6. The van der Waals surface area contributed by atoms with E-state index in [9.17, 15) is 9.59 Å². The summed E-state index contributed by atoms with van der Waals surface area (Å²) in [5.74, 6) is 1.43. The molecule has 0 radical (unpaired) electrons. The smallest absolute Gasteiger partial charge is 0.262 e. The predicted octanol–water partition coefficient (Wildman–Crippen LogP) is 3.71. The van der Waals surface area contributed by atoms with Gasteiger partial charge < -0.3 is 24.3 Å². The summed E-state index contributed by atoms with van der Waals surface area (Å²) in [5, 5.41) is 2.76. The lowest BCUT2D eigenvalue weighted by Gasteiger charge is -2.19. The largest absolute Gasteiger partial charge is 0.497 e. The van der Waals surface area contributed by atoms with E-state index in [-0.39, 0.29) is 24.0 Å². The van der Waals surface area contributed by atoms with Gasteiger partial charge in [-0.1, -0.05) is 30.3 Å². The molecule has 3 aromatic rings. The van der Waals surface area contributed by atoms with Crippen molar-refractivity contribution in [3.8, 4) is 23.0 Å². The maximum atomic E-state index is 12.9. The van der Waals surface area contributed by atoms with Crippen LogP contribution in [0, 0.1) is 0 Å². The lowest BCUT2D eigenvalue weighted by atomic mass is 10.0. The Hall–Kier alpha value is -4.00. The first kappa shape index (κ1) is 20.3. The Morgan fingerprint density at radius 1 is 0.935 bits per heavy atom. The van der Waals surface area contributed by atoms with Crippen LogP contribution in [0.25, 0.3) is 0 Å². The SMILES string of the molecule is COc1ccc(C(=O)c2ccccc2)c(OCC(=O)Nc2ccc3c(c2)OCCO3)c1. The monoisotopic (exact) mass is 419 g/mol. The molecular weight excluding hydrogens is 398 g/mol. The van der Waals surface area contributed by atoms with Crippen molar-refractivity contribution in [2.24, 2.45) is 0 Å². The molecule has 1 aliphatic heterocycles. The lowest BCUT2D eigenvalue weighted by molar-refractivity contribution is -0.118. The number of nitrogens with one attached hydrogen (secondary N) is 1. The van der Waals surface area contributed by atoms with Crippen LogP contribution in [0.3, 0.4) is 0 Å². The maximum Gasteiger partial charge on any atom is 0.262 e. The summed E-state index contributed by atoms with van der Waals surface area (Å²) >= 11 is 0. The minimum absolute atomic E-state index is 0.203. The molecule has 0 aliphatic carbocycles. The Kier molecular flexibility index (Phi) is 6.03. The molecule has 7 nitrogen and oxygen atoms in total. The number of hydrogen-bond acceptors (Lipinski definition) is 6. The highest BCUT2D eigenvalue weighted by atomic mass is 16.6. The molecule has 0 saturated carbocycles. The molecule has 0 unspecified atom stereocenters. The zero-order valence-corrected chi connectivity index (χ0v) is 16.9. The quantitative estimate of drug-likeness (QED) is 0.588. The third-order valence-corrected chi connectivity index (χ3v) is 4.65. The number of ketones is 1. The molecule has 31 heavy (non-hydrogen) atoms. The van der Waals surface area contributed by atoms with Gasteiger partial charge in [0.05, 0.1) is 12.7 Å². The van der Waals surface area contributed by atoms with Crippen LogP contribution in [0.15, 0.2) is 66.7 Å². The Balaban J connectivity index is 1.47. The van der Waals surface area contributed by atoms with Crippen molar-refractivity contribution in [1.82, 2.24) is 0 Å². The van der Waals surface area contributed by atoms with Gasteiger partial charge in [-0.3, -0.25) is 9.59 Å². The first-order valence-corrected chi connectivity index (χ1v) is 9.74. The fourth-order valence-electron chi connectivity index (χ4n) is 3.14. The van der Waals surface area contributed by atoms with E-state index in [0.717, 1.165) is 0 Å². The maximum absolute atomic E-state index is 12.9. The molecule has 3 aromatic carbocycles. The zero-order valence-electron chi connectivity index (χ0n) is 16.9. The average Bonchev–Trinajstić information content (AvgIpc) is 2.82. The van der Waals surface area contributed by atoms with Crippen molar-refractivity contribution < 1.29 is 28.5 Å². The van der Waals surface area contributed by atoms with Crippen LogP contribution in [0.1, 0.15) is 15.9 Å². The Morgan fingerprint density at radius 2 is 1.71 bits per heavy atom. The van der Waals surface area contributed by atoms with Crippen LogP contribution in [-0.2, 0) is 4.79 Å². The van der Waals surface area contributed by atoms with Crippen LogP contribution >= 0.6 is 0 Å². The second-order valence-electron chi connectivity index (χ2n) is 6.75. The van der Waals surface area contributed by atoms with Gasteiger partial charge in [0.15, 0.2) is 23.9 Å². The van der Waals surface area contributed by atoms with Gasteiger partial charge in [0.2, 0.25) is 0 Å². The number of hydrogen-bond donors (Lipinski definition) is 1. The Morgan fingerprint density at radius 3 is 2.48 bits per heavy atom. The highest BCUT2D eigenvalue weighted by Gasteiger charge is 2.17. The van der Waals surface area contributed by atoms with Gasteiger partial charge in [-0.05, 0) is 24.3 Å². The molecule has 1 heterocycles. The normalized spacial score (nSPS) is 12.0. The topological polar surface area (TPSA) is 83.1 Å². The summed E-state index contributed by atoms with van der Waals surface area (Å²) in [6, 6.07) is 18.9. The van der Waals surface area contributed by atoms with E-state index >= 15 is 0 Å². The summed E-state index contributed by atoms with van der Waals surface area (Å²) in [6.45, 7) is 0.676. The van der Waals surface area contributed by atoms with Crippen molar-refractivity contribution in [1.29, 1.82) is 0 Å². The number of fused-ring (bicyclic) bond motifs is 1. The third kappa shape index (κ3) is 4.78. The number of ether oxygens (including phenoxy) is 4. The molecular formula is C24H21NO6. The molecule has 4 rings (SSSR count). The van der Waals surface area contributed by atoms with Crippen LogP contribution in [-0.4, -0.2) is 38.6 Å². The number of anilines is 1. The minimum atomic E-state index is -0.377. The van der Waals surface area contributed by atoms with Crippen LogP contribution in [0.4, 0.5) is 5.69 Å². The van der Waals surface area contributed by atoms with Gasteiger partial charge in [-0.15, -0.1) is 0 Å². The molecule has 1 aliphatic rings. The molecule has 0 spiro atoms. The molecule has 1 N–H and O–H groups in total. The highest BCUT2D eigenvalue weighted by molar-refractivity contribution is 6.10. The number of amides is 1. The Bertz CT molecular complexity index is 1100. The van der Waals surface area contributed by atoms with E-state index in [1.807, 2.05) is 6.07 Å². The summed E-state index contributed by atoms with van der Waals surface area (Å²) in [7, 11) is 1.52. The molecule has 158 valence electrons. The number of benzene rings is 3. The molecule has 0 bridgehead atoms. The highest BCUT2D eigenvalue weighted by Crippen LogP contribution is 2.32. The van der Waals surface area contributed by atoms with Crippen LogP contribution < -0.4 is 24.3 Å². The molecule has 0 atom stereocenters.